The maximum absolute atomic E-state index is 13.3. The van der Waals surface area contributed by atoms with Gasteiger partial charge in [0.2, 0.25) is 11.8 Å². The molecule has 3 aromatic rings. The number of aliphatic hydroxyl groups excluding tert-OH is 1. The summed E-state index contributed by atoms with van der Waals surface area (Å²) in [5.74, 6) is -1.05. The number of fused-ring (bicyclic) bond motifs is 1. The summed E-state index contributed by atoms with van der Waals surface area (Å²) in [7, 11) is 0. The third-order valence-electron chi connectivity index (χ3n) is 6.03. The lowest BCUT2D eigenvalue weighted by molar-refractivity contribution is -0.135. The number of aromatic nitrogens is 3. The molecule has 11 nitrogen and oxygen atoms in total. The smallest absolute Gasteiger partial charge is 0.245 e. The molecule has 1 aliphatic rings. The third kappa shape index (κ3) is 6.37. The highest BCUT2D eigenvalue weighted by Gasteiger charge is 2.34. The molecule has 194 valence electrons. The summed E-state index contributed by atoms with van der Waals surface area (Å²) in [6.07, 6.45) is 1.58. The van der Waals surface area contributed by atoms with E-state index in [2.05, 4.69) is 15.4 Å². The van der Waals surface area contributed by atoms with E-state index in [4.69, 9.17) is 22.4 Å². The highest BCUT2D eigenvalue weighted by molar-refractivity contribution is 6.29. The predicted octanol–water partition coefficient (Wildman–Crippen LogP) is 1.35. The van der Waals surface area contributed by atoms with Crippen molar-refractivity contribution in [3.8, 4) is 0 Å². The molecular weight excluding hydrogens is 500 g/mol. The molecule has 0 bridgehead atoms. The normalized spacial score (nSPS) is 13.8. The number of benzene rings is 1. The van der Waals surface area contributed by atoms with Crippen molar-refractivity contribution < 1.29 is 24.3 Å². The first-order valence-electron chi connectivity index (χ1n) is 11.8. The lowest BCUT2D eigenvalue weighted by Gasteiger charge is -2.22. The van der Waals surface area contributed by atoms with E-state index in [9.17, 15) is 19.2 Å². The van der Waals surface area contributed by atoms with Crippen molar-refractivity contribution in [1.29, 1.82) is 0 Å². The summed E-state index contributed by atoms with van der Waals surface area (Å²) in [6.45, 7) is 0.591. The molecule has 1 aromatic carbocycles. The molecule has 4 N–H and O–H groups in total. The summed E-state index contributed by atoms with van der Waals surface area (Å²) in [4.78, 5) is 55.8. The van der Waals surface area contributed by atoms with Crippen molar-refractivity contribution >= 4 is 51.7 Å². The largest absolute Gasteiger partial charge is 0.394 e. The van der Waals surface area contributed by atoms with Crippen LogP contribution in [0.4, 0.5) is 5.82 Å². The number of hydrogen-bond acceptors (Lipinski definition) is 8. The van der Waals surface area contributed by atoms with E-state index in [1.807, 2.05) is 0 Å². The van der Waals surface area contributed by atoms with Crippen LogP contribution < -0.4 is 11.1 Å². The Kier molecular flexibility index (Phi) is 7.96. The van der Waals surface area contributed by atoms with E-state index in [1.165, 1.54) is 16.5 Å². The number of rotatable bonds is 11. The first-order chi connectivity index (χ1) is 17.7. The number of nitrogens with one attached hydrogen (secondary N) is 1. The maximum atomic E-state index is 13.3. The van der Waals surface area contributed by atoms with Gasteiger partial charge in [0.1, 0.15) is 29.8 Å². The van der Waals surface area contributed by atoms with Crippen LogP contribution in [-0.2, 0) is 27.3 Å². The first-order valence-corrected chi connectivity index (χ1v) is 12.2. The maximum Gasteiger partial charge on any atom is 0.245 e. The average Bonchev–Trinajstić information content (AvgIpc) is 3.63. The molecule has 0 spiro atoms. The van der Waals surface area contributed by atoms with E-state index in [0.717, 1.165) is 12.8 Å². The number of anilines is 1. The Bertz CT molecular complexity index is 1370. The predicted molar refractivity (Wildman–Crippen MR) is 136 cm³/mol. The summed E-state index contributed by atoms with van der Waals surface area (Å²) >= 11 is 5.87. The van der Waals surface area contributed by atoms with Gasteiger partial charge in [0, 0.05) is 24.8 Å². The van der Waals surface area contributed by atoms with Crippen LogP contribution in [0.15, 0.2) is 36.4 Å². The lowest BCUT2D eigenvalue weighted by atomic mass is 10.0. The molecule has 2 heterocycles. The van der Waals surface area contributed by atoms with Crippen molar-refractivity contribution in [3.63, 3.8) is 0 Å². The minimum atomic E-state index is -0.983. The number of Topliss-reactive ketones (excluding diaryl/α,β-unsaturated/α-hetero) is 2. The van der Waals surface area contributed by atoms with Gasteiger partial charge in [0.05, 0.1) is 18.2 Å². The standard InChI is InChI=1S/C25H27ClN6O5/c1-14(34)25-17-9-15(10-20(35)18(27)13-33)5-8-19(17)32(30-25)12-24(37)31(16-6-7-16)11-23(36)29-22-4-2-3-21(26)28-22/h2-5,8-9,16,18,33H,6-7,10-13,27H2,1H3,(H,28,29,36). The Labute approximate surface area is 217 Å². The van der Waals surface area contributed by atoms with E-state index < -0.39 is 18.6 Å². The molecule has 12 heteroatoms. The van der Waals surface area contributed by atoms with Crippen LogP contribution in [0.2, 0.25) is 5.15 Å². The van der Waals surface area contributed by atoms with Crippen LogP contribution in [0.25, 0.3) is 10.9 Å². The topological polar surface area (TPSA) is 161 Å². The Morgan fingerprint density at radius 2 is 2.00 bits per heavy atom. The van der Waals surface area contributed by atoms with Gasteiger partial charge >= 0.3 is 0 Å². The van der Waals surface area contributed by atoms with Gasteiger partial charge in [0.15, 0.2) is 11.6 Å². The van der Waals surface area contributed by atoms with E-state index in [1.54, 1.807) is 36.4 Å². The average molecular weight is 527 g/mol. The van der Waals surface area contributed by atoms with Crippen LogP contribution in [0.1, 0.15) is 35.8 Å². The zero-order chi connectivity index (χ0) is 26.7. The molecule has 2 aromatic heterocycles. The lowest BCUT2D eigenvalue weighted by Crippen LogP contribution is -2.41. The molecule has 2 amide bonds. The molecule has 1 atom stereocenters. The minimum absolute atomic E-state index is 0.00876. The van der Waals surface area contributed by atoms with Crippen molar-refractivity contribution in [2.24, 2.45) is 5.73 Å². The van der Waals surface area contributed by atoms with Gasteiger partial charge in [-0.15, -0.1) is 0 Å². The zero-order valence-corrected chi connectivity index (χ0v) is 20.9. The number of halogens is 1. The third-order valence-corrected chi connectivity index (χ3v) is 6.24. The van der Waals surface area contributed by atoms with Crippen LogP contribution in [-0.4, -0.2) is 73.4 Å². The highest BCUT2D eigenvalue weighted by atomic mass is 35.5. The number of hydrogen-bond donors (Lipinski definition) is 3. The second kappa shape index (κ2) is 11.2. The second-order valence-corrected chi connectivity index (χ2v) is 9.38. The fraction of sp³-hybridized carbons (Fsp3) is 0.360. The minimum Gasteiger partial charge on any atom is -0.394 e. The van der Waals surface area contributed by atoms with E-state index in [-0.39, 0.29) is 53.9 Å². The first kappa shape index (κ1) is 26.4. The monoisotopic (exact) mass is 526 g/mol. The van der Waals surface area contributed by atoms with Crippen LogP contribution >= 0.6 is 11.6 Å². The van der Waals surface area contributed by atoms with Gasteiger partial charge in [-0.05, 0) is 42.7 Å². The molecule has 0 aliphatic heterocycles. The number of ketones is 2. The summed E-state index contributed by atoms with van der Waals surface area (Å²) < 4.78 is 1.44. The summed E-state index contributed by atoms with van der Waals surface area (Å²) in [5.41, 5.74) is 6.94. The zero-order valence-electron chi connectivity index (χ0n) is 20.2. The molecule has 1 aliphatic carbocycles. The van der Waals surface area contributed by atoms with Gasteiger partial charge < -0.3 is 21.1 Å². The summed E-state index contributed by atoms with van der Waals surface area (Å²) in [5, 5.41) is 16.9. The second-order valence-electron chi connectivity index (χ2n) is 8.99. The number of carbonyl (C=O) groups excluding carboxylic acids is 4. The number of pyridine rings is 1. The van der Waals surface area contributed by atoms with Crippen LogP contribution in [0.5, 0.6) is 0 Å². The highest BCUT2D eigenvalue weighted by Crippen LogP contribution is 2.28. The van der Waals surface area contributed by atoms with Crippen LogP contribution in [0.3, 0.4) is 0 Å². The fourth-order valence-corrected chi connectivity index (χ4v) is 4.16. The molecule has 4 rings (SSSR count). The Balaban J connectivity index is 1.53. The number of carbonyl (C=O) groups is 4. The van der Waals surface area contributed by atoms with Crippen molar-refractivity contribution in [2.75, 3.05) is 18.5 Å². The number of aliphatic hydroxyl groups is 1. The molecule has 1 saturated carbocycles. The van der Waals surface area contributed by atoms with Crippen LogP contribution in [0, 0.1) is 0 Å². The van der Waals surface area contributed by atoms with E-state index >= 15 is 0 Å². The number of nitrogens with zero attached hydrogens (tertiary/aromatic N) is 4. The van der Waals surface area contributed by atoms with Crippen molar-refractivity contribution in [3.05, 3.63) is 52.8 Å². The molecular formula is C25H27ClN6O5. The Morgan fingerprint density at radius 3 is 2.65 bits per heavy atom. The molecule has 0 saturated heterocycles. The van der Waals surface area contributed by atoms with Gasteiger partial charge in [-0.3, -0.25) is 23.9 Å². The van der Waals surface area contributed by atoms with Gasteiger partial charge in [-0.1, -0.05) is 23.7 Å². The Hall–Kier alpha value is -3.67. The number of nitrogens with two attached hydrogens (primary N) is 1. The molecule has 0 radical (unpaired) electrons. The quantitative estimate of drug-likeness (QED) is 0.249. The fourth-order valence-electron chi connectivity index (χ4n) is 3.99. The van der Waals surface area contributed by atoms with Gasteiger partial charge in [0.25, 0.3) is 0 Å². The number of amides is 2. The van der Waals surface area contributed by atoms with Crippen molar-refractivity contribution in [2.45, 2.75) is 44.8 Å². The van der Waals surface area contributed by atoms with Gasteiger partial charge in [-0.2, -0.15) is 5.10 Å². The molecule has 37 heavy (non-hydrogen) atoms. The van der Waals surface area contributed by atoms with E-state index in [0.29, 0.717) is 22.3 Å². The SMILES string of the molecule is CC(=O)c1nn(CC(=O)N(CC(=O)Nc2cccc(Cl)n2)C2CC2)c2ccc(CC(=O)C(N)CO)cc12. The van der Waals surface area contributed by atoms with Crippen molar-refractivity contribution in [1.82, 2.24) is 19.7 Å². The summed E-state index contributed by atoms with van der Waals surface area (Å²) in [6, 6.07) is 8.88. The Morgan fingerprint density at radius 1 is 1.24 bits per heavy atom. The van der Waals surface area contributed by atoms with Gasteiger partial charge in [-0.25, -0.2) is 4.98 Å². The molecule has 1 unspecified atom stereocenters. The molecule has 1 fully saturated rings.